The smallest absolute Gasteiger partial charge is 0.196 e. The number of methoxy groups -OCH3 is 1. The molecule has 9 heteroatoms. The largest absolute Gasteiger partial charge is 0.494 e. The fourth-order valence-corrected chi connectivity index (χ4v) is 5.61. The van der Waals surface area contributed by atoms with Crippen LogP contribution in [0.2, 0.25) is 0 Å². The van der Waals surface area contributed by atoms with Crippen LogP contribution in [0.15, 0.2) is 59.5 Å². The Morgan fingerprint density at radius 2 is 1.34 bits per heavy atom. The van der Waals surface area contributed by atoms with Gasteiger partial charge in [-0.05, 0) is 18.2 Å². The summed E-state index contributed by atoms with van der Waals surface area (Å²) >= 11 is 0. The first kappa shape index (κ1) is 35.3. The second kappa shape index (κ2) is 15.3. The molecule has 0 unspecified atom stereocenters. The quantitative estimate of drug-likeness (QED) is 0.192. The number of hydrogen-bond donors (Lipinski definition) is 2. The highest BCUT2D eigenvalue weighted by Crippen LogP contribution is 2.41. The Kier molecular flexibility index (Phi) is 13.2. The molecule has 0 aromatic heterocycles. The van der Waals surface area contributed by atoms with E-state index in [2.05, 4.69) is 5.32 Å². The Balaban J connectivity index is 0.00000131. The summed E-state index contributed by atoms with van der Waals surface area (Å²) in [7, 11) is 3.69. The van der Waals surface area contributed by atoms with E-state index in [0.717, 1.165) is 0 Å². The van der Waals surface area contributed by atoms with Gasteiger partial charge in [-0.1, -0.05) is 71.9 Å². The van der Waals surface area contributed by atoms with Crippen molar-refractivity contribution in [3.8, 4) is 5.75 Å². The summed E-state index contributed by atoms with van der Waals surface area (Å²) in [6, 6.07) is 14.5. The number of ether oxygens (including phenoxy) is 1. The number of hydrogen-bond acceptors (Lipinski definition) is 7. The van der Waals surface area contributed by atoms with E-state index in [9.17, 15) is 18.0 Å². The molecule has 0 radical (unpaired) electrons. The number of sulfone groups is 1. The Morgan fingerprint density at radius 3 is 1.85 bits per heavy atom. The highest BCUT2D eigenvalue weighted by Gasteiger charge is 2.35. The molecule has 4 rings (SSSR count). The second-order valence-electron chi connectivity index (χ2n) is 9.48. The highest BCUT2D eigenvalue weighted by atomic mass is 32.2. The van der Waals surface area contributed by atoms with Crippen LogP contribution in [0.25, 0.3) is 0 Å². The van der Waals surface area contributed by atoms with Gasteiger partial charge in [0, 0.05) is 22.9 Å². The fraction of sp³-hybridized carbons (Fsp3) is 0.375. The molecule has 0 heterocycles. The maximum atomic E-state index is 13.4. The Labute approximate surface area is 246 Å². The molecule has 41 heavy (non-hydrogen) atoms. The average Bonchev–Trinajstić information content (AvgIpc) is 2.98. The van der Waals surface area contributed by atoms with E-state index in [0.29, 0.717) is 22.4 Å². The predicted molar refractivity (Wildman–Crippen MR) is 169 cm³/mol. The Morgan fingerprint density at radius 1 is 0.805 bits per heavy atom. The first-order chi connectivity index (χ1) is 19.4. The van der Waals surface area contributed by atoms with E-state index in [4.69, 9.17) is 10.5 Å². The molecule has 0 bridgehead atoms. The highest BCUT2D eigenvalue weighted by molar-refractivity contribution is 7.91. The third kappa shape index (κ3) is 8.17. The van der Waals surface area contributed by atoms with Gasteiger partial charge in [0.05, 0.1) is 62.2 Å². The molecule has 0 fully saturated rings. The van der Waals surface area contributed by atoms with Gasteiger partial charge in [-0.25, -0.2) is 8.42 Å². The van der Waals surface area contributed by atoms with Crippen molar-refractivity contribution in [2.24, 2.45) is 0 Å². The van der Waals surface area contributed by atoms with Crippen LogP contribution in [0.4, 0.5) is 17.1 Å². The summed E-state index contributed by atoms with van der Waals surface area (Å²) < 4.78 is 31.7. The lowest BCUT2D eigenvalue weighted by Gasteiger charge is -2.24. The van der Waals surface area contributed by atoms with Crippen molar-refractivity contribution >= 4 is 38.5 Å². The number of nitrogen functional groups attached to an aromatic ring is 1. The van der Waals surface area contributed by atoms with Crippen LogP contribution in [-0.2, 0) is 9.84 Å². The summed E-state index contributed by atoms with van der Waals surface area (Å²) in [5.41, 5.74) is 7.83. The minimum absolute atomic E-state index is 0.00514. The number of nitrogens with zero attached hydrogens (tertiary/aromatic N) is 1. The molecular formula is C32H46N3O5S+. The molecular weight excluding hydrogens is 538 g/mol. The van der Waals surface area contributed by atoms with Crippen LogP contribution in [0.3, 0.4) is 0 Å². The molecule has 0 aliphatic heterocycles. The van der Waals surface area contributed by atoms with Gasteiger partial charge in [-0.3, -0.25) is 9.59 Å². The first-order valence-electron chi connectivity index (χ1n) is 14.0. The fourth-order valence-electron chi connectivity index (χ4n) is 4.00. The van der Waals surface area contributed by atoms with Gasteiger partial charge in [-0.2, -0.15) is 0 Å². The minimum Gasteiger partial charge on any atom is -0.494 e. The summed E-state index contributed by atoms with van der Waals surface area (Å²) in [5, 5.41) is 3.12. The van der Waals surface area contributed by atoms with Crippen molar-refractivity contribution in [3.05, 3.63) is 76.9 Å². The number of quaternary nitrogens is 1. The topological polar surface area (TPSA) is 116 Å². The van der Waals surface area contributed by atoms with Crippen molar-refractivity contribution in [3.63, 3.8) is 0 Å². The normalized spacial score (nSPS) is 11.8. The predicted octanol–water partition coefficient (Wildman–Crippen LogP) is 6.35. The lowest BCUT2D eigenvalue weighted by atomic mass is 9.82. The first-order valence-corrected chi connectivity index (χ1v) is 15.7. The Bertz CT molecular complexity index is 1460. The number of anilines is 3. The van der Waals surface area contributed by atoms with Crippen LogP contribution < -0.4 is 15.8 Å². The van der Waals surface area contributed by atoms with Crippen LogP contribution in [0, 0.1) is 0 Å². The van der Waals surface area contributed by atoms with E-state index in [1.165, 1.54) is 13.2 Å². The summed E-state index contributed by atoms with van der Waals surface area (Å²) in [6.45, 7) is 12.5. The van der Waals surface area contributed by atoms with Gasteiger partial charge < -0.3 is 20.3 Å². The van der Waals surface area contributed by atoms with Crippen molar-refractivity contribution in [2.45, 2.75) is 46.4 Å². The maximum Gasteiger partial charge on any atom is 0.196 e. The number of carbonyl (C=O) groups excluding carboxylic acids is 2. The minimum atomic E-state index is -3.53. The molecule has 0 spiro atoms. The summed E-state index contributed by atoms with van der Waals surface area (Å²) in [5.74, 6) is -0.488. The van der Waals surface area contributed by atoms with E-state index in [1.807, 2.05) is 62.7 Å². The number of rotatable bonds is 7. The zero-order valence-electron chi connectivity index (χ0n) is 26.1. The summed E-state index contributed by atoms with van der Waals surface area (Å²) in [4.78, 5) is 26.9. The van der Waals surface area contributed by atoms with E-state index in [1.54, 1.807) is 48.5 Å². The SMILES string of the molecule is CC.CC.CC.COc1cc(Nc2cccc(S(=O)(=O)CC[N+](C)(C)C)c2)c2c(c1N)C(=O)c1ccccc1C2=O. The Hall–Kier alpha value is -3.69. The van der Waals surface area contributed by atoms with Gasteiger partial charge >= 0.3 is 0 Å². The van der Waals surface area contributed by atoms with Gasteiger partial charge in [0.2, 0.25) is 0 Å². The number of fused-ring (bicyclic) bond motifs is 2. The summed E-state index contributed by atoms with van der Waals surface area (Å²) in [6.07, 6.45) is 0. The van der Waals surface area contributed by atoms with E-state index in [-0.39, 0.29) is 55.9 Å². The molecule has 1 aliphatic carbocycles. The van der Waals surface area contributed by atoms with Gasteiger partial charge in [0.1, 0.15) is 11.5 Å². The zero-order valence-corrected chi connectivity index (χ0v) is 26.9. The zero-order chi connectivity index (χ0) is 31.5. The number of benzene rings is 3. The van der Waals surface area contributed by atoms with Crippen molar-refractivity contribution in [2.75, 3.05) is 51.6 Å². The van der Waals surface area contributed by atoms with Crippen molar-refractivity contribution < 1.29 is 27.2 Å². The van der Waals surface area contributed by atoms with Gasteiger partial charge in [-0.15, -0.1) is 0 Å². The molecule has 224 valence electrons. The molecule has 0 atom stereocenters. The van der Waals surface area contributed by atoms with Gasteiger partial charge in [0.15, 0.2) is 21.4 Å². The van der Waals surface area contributed by atoms with Crippen LogP contribution in [-0.4, -0.2) is 65.0 Å². The molecule has 3 aromatic carbocycles. The maximum absolute atomic E-state index is 13.4. The monoisotopic (exact) mass is 584 g/mol. The average molecular weight is 585 g/mol. The van der Waals surface area contributed by atoms with Crippen LogP contribution in [0.1, 0.15) is 73.4 Å². The number of ketones is 2. The van der Waals surface area contributed by atoms with E-state index < -0.39 is 9.84 Å². The molecule has 8 nitrogen and oxygen atoms in total. The van der Waals surface area contributed by atoms with Crippen molar-refractivity contribution in [1.82, 2.24) is 0 Å². The number of nitrogens with one attached hydrogen (secondary N) is 1. The number of carbonyl (C=O) groups is 2. The number of nitrogens with two attached hydrogens (primary N) is 1. The molecule has 0 saturated carbocycles. The molecule has 1 aliphatic rings. The molecule has 0 amide bonds. The second-order valence-corrected chi connectivity index (χ2v) is 11.6. The van der Waals surface area contributed by atoms with Crippen LogP contribution >= 0.6 is 0 Å². The third-order valence-electron chi connectivity index (χ3n) is 5.92. The molecule has 3 N–H and O–H groups in total. The van der Waals surface area contributed by atoms with E-state index >= 15 is 0 Å². The standard InChI is InChI=1S/C26H27N3O5S.3C2H6/c1-29(2,3)12-13-35(32,33)17-9-7-8-16(14-17)28-20-15-21(34-4)24(27)23-22(20)25(30)18-10-5-6-11-19(18)26(23)31;3*1-2/h5-11,14-15H,12-13H2,1-4H3,(H2-,27,28,30,31);3*1-2H3/p+1. The van der Waals surface area contributed by atoms with Gasteiger partial charge in [0.25, 0.3) is 0 Å². The van der Waals surface area contributed by atoms with Crippen molar-refractivity contribution in [1.29, 1.82) is 0 Å². The van der Waals surface area contributed by atoms with Crippen LogP contribution in [0.5, 0.6) is 5.75 Å². The molecule has 3 aromatic rings. The molecule has 0 saturated heterocycles. The third-order valence-corrected chi connectivity index (χ3v) is 7.62. The lowest BCUT2D eigenvalue weighted by Crippen LogP contribution is -2.38. The lowest BCUT2D eigenvalue weighted by molar-refractivity contribution is -0.867.